The van der Waals surface area contributed by atoms with Crippen molar-refractivity contribution in [3.05, 3.63) is 63.6 Å². The van der Waals surface area contributed by atoms with Crippen molar-refractivity contribution in [3.8, 4) is 22.6 Å². The summed E-state index contributed by atoms with van der Waals surface area (Å²) in [5.74, 6) is -1.21. The molecule has 0 aliphatic carbocycles. The molecule has 3 rings (SSSR count). The fourth-order valence-corrected chi connectivity index (χ4v) is 2.83. The maximum atomic E-state index is 14.0. The van der Waals surface area contributed by atoms with E-state index in [1.807, 2.05) is 0 Å². The van der Waals surface area contributed by atoms with Gasteiger partial charge in [-0.05, 0) is 30.3 Å². The van der Waals surface area contributed by atoms with Gasteiger partial charge in [0, 0.05) is 5.56 Å². The highest BCUT2D eigenvalue weighted by Crippen LogP contribution is 2.40. The Labute approximate surface area is 140 Å². The Kier molecular flexibility index (Phi) is 4.35. The highest BCUT2D eigenvalue weighted by atomic mass is 35.5. The van der Waals surface area contributed by atoms with E-state index < -0.39 is 18.2 Å². The molecule has 23 heavy (non-hydrogen) atoms. The molecule has 2 aromatic carbocycles. The van der Waals surface area contributed by atoms with Crippen LogP contribution >= 0.6 is 23.2 Å². The molecule has 0 atom stereocenters. The fourth-order valence-electron chi connectivity index (χ4n) is 2.26. The molecule has 0 saturated heterocycles. The van der Waals surface area contributed by atoms with Crippen LogP contribution in [-0.2, 0) is 6.61 Å². The Balaban J connectivity index is 2.24. The van der Waals surface area contributed by atoms with Crippen molar-refractivity contribution in [1.29, 1.82) is 0 Å². The molecular formula is C16H9Cl2F2NO2. The first kappa shape index (κ1) is 15.9. The Morgan fingerprint density at radius 1 is 1.09 bits per heavy atom. The number of aromatic nitrogens is 1. The van der Waals surface area contributed by atoms with E-state index in [1.54, 1.807) is 18.2 Å². The van der Waals surface area contributed by atoms with Gasteiger partial charge in [-0.25, -0.2) is 8.78 Å². The van der Waals surface area contributed by atoms with Crippen LogP contribution in [0.3, 0.4) is 0 Å². The van der Waals surface area contributed by atoms with E-state index in [4.69, 9.17) is 27.7 Å². The molecule has 0 amide bonds. The average Bonchev–Trinajstić information content (AvgIpc) is 2.93. The molecule has 0 radical (unpaired) electrons. The zero-order valence-corrected chi connectivity index (χ0v) is 13.0. The third kappa shape index (κ3) is 2.83. The number of halogens is 4. The Morgan fingerprint density at radius 3 is 2.43 bits per heavy atom. The van der Waals surface area contributed by atoms with Gasteiger partial charge in [0.2, 0.25) is 0 Å². The van der Waals surface area contributed by atoms with Crippen molar-refractivity contribution in [1.82, 2.24) is 5.16 Å². The molecule has 0 unspecified atom stereocenters. The van der Waals surface area contributed by atoms with Crippen LogP contribution in [-0.4, -0.2) is 10.3 Å². The molecule has 0 spiro atoms. The second-order valence-electron chi connectivity index (χ2n) is 4.72. The zero-order valence-electron chi connectivity index (χ0n) is 11.5. The monoisotopic (exact) mass is 355 g/mol. The van der Waals surface area contributed by atoms with Gasteiger partial charge in [0.25, 0.3) is 0 Å². The number of aliphatic hydroxyl groups excluding tert-OH is 1. The zero-order chi connectivity index (χ0) is 16.6. The number of nitrogens with zero attached hydrogens (tertiary/aromatic N) is 1. The number of benzene rings is 2. The van der Waals surface area contributed by atoms with E-state index in [0.29, 0.717) is 5.56 Å². The van der Waals surface area contributed by atoms with Gasteiger partial charge in [-0.1, -0.05) is 34.4 Å². The van der Waals surface area contributed by atoms with Crippen molar-refractivity contribution in [3.63, 3.8) is 0 Å². The summed E-state index contributed by atoms with van der Waals surface area (Å²) in [5.41, 5.74) is 0.377. The van der Waals surface area contributed by atoms with Crippen molar-refractivity contribution < 1.29 is 18.4 Å². The molecule has 118 valence electrons. The molecule has 1 heterocycles. The van der Waals surface area contributed by atoms with E-state index in [2.05, 4.69) is 5.16 Å². The largest absolute Gasteiger partial charge is 0.391 e. The third-order valence-electron chi connectivity index (χ3n) is 3.32. The van der Waals surface area contributed by atoms with Crippen LogP contribution in [0, 0.1) is 11.6 Å². The molecule has 3 aromatic rings. The van der Waals surface area contributed by atoms with Gasteiger partial charge in [-0.15, -0.1) is 0 Å². The highest BCUT2D eigenvalue weighted by molar-refractivity contribution is 6.39. The van der Waals surface area contributed by atoms with Gasteiger partial charge < -0.3 is 9.63 Å². The SMILES string of the molecule is OCc1c(-c2cc(F)ccc2F)noc1-c1c(Cl)cccc1Cl. The molecule has 1 N–H and O–H groups in total. The van der Waals surface area contributed by atoms with Crippen molar-refractivity contribution >= 4 is 23.2 Å². The Hall–Kier alpha value is -1.95. The van der Waals surface area contributed by atoms with E-state index in [-0.39, 0.29) is 32.6 Å². The van der Waals surface area contributed by atoms with Crippen molar-refractivity contribution in [2.75, 3.05) is 0 Å². The second kappa shape index (κ2) is 6.28. The highest BCUT2D eigenvalue weighted by Gasteiger charge is 2.24. The van der Waals surface area contributed by atoms with Gasteiger partial charge >= 0.3 is 0 Å². The average molecular weight is 356 g/mol. The maximum Gasteiger partial charge on any atom is 0.176 e. The Morgan fingerprint density at radius 2 is 1.78 bits per heavy atom. The van der Waals surface area contributed by atoms with E-state index in [0.717, 1.165) is 18.2 Å². The van der Waals surface area contributed by atoms with Gasteiger partial charge in [-0.3, -0.25) is 0 Å². The number of hydrogen-bond donors (Lipinski definition) is 1. The van der Waals surface area contributed by atoms with Crippen LogP contribution in [0.4, 0.5) is 8.78 Å². The van der Waals surface area contributed by atoms with Crippen molar-refractivity contribution in [2.24, 2.45) is 0 Å². The van der Waals surface area contributed by atoms with Crippen LogP contribution in [0.2, 0.25) is 10.0 Å². The lowest BCUT2D eigenvalue weighted by atomic mass is 10.0. The number of rotatable bonds is 3. The van der Waals surface area contributed by atoms with Gasteiger partial charge in [-0.2, -0.15) is 0 Å². The van der Waals surface area contributed by atoms with Crippen LogP contribution in [0.25, 0.3) is 22.6 Å². The summed E-state index contributed by atoms with van der Waals surface area (Å²) in [6.45, 7) is -0.508. The second-order valence-corrected chi connectivity index (χ2v) is 5.53. The van der Waals surface area contributed by atoms with Crippen molar-refractivity contribution in [2.45, 2.75) is 6.61 Å². The third-order valence-corrected chi connectivity index (χ3v) is 3.95. The van der Waals surface area contributed by atoms with E-state index in [1.165, 1.54) is 0 Å². The summed E-state index contributed by atoms with van der Waals surface area (Å²) in [6, 6.07) is 7.77. The van der Waals surface area contributed by atoms with Crippen LogP contribution < -0.4 is 0 Å². The molecule has 7 heteroatoms. The number of aliphatic hydroxyl groups is 1. The predicted molar refractivity (Wildman–Crippen MR) is 83.2 cm³/mol. The molecule has 1 aromatic heterocycles. The first-order valence-corrected chi connectivity index (χ1v) is 7.27. The quantitative estimate of drug-likeness (QED) is 0.711. The van der Waals surface area contributed by atoms with Crippen LogP contribution in [0.5, 0.6) is 0 Å². The molecule has 0 aliphatic rings. The fraction of sp³-hybridized carbons (Fsp3) is 0.0625. The van der Waals surface area contributed by atoms with Gasteiger partial charge in [0.15, 0.2) is 5.76 Å². The minimum absolute atomic E-state index is 0.00418. The molecule has 0 bridgehead atoms. The summed E-state index contributed by atoms with van der Waals surface area (Å²) < 4.78 is 32.6. The molecule has 0 saturated carbocycles. The minimum atomic E-state index is -0.689. The molecular weight excluding hydrogens is 347 g/mol. The molecule has 3 nitrogen and oxygen atoms in total. The van der Waals surface area contributed by atoms with E-state index >= 15 is 0 Å². The lowest BCUT2D eigenvalue weighted by molar-refractivity contribution is 0.281. The smallest absolute Gasteiger partial charge is 0.176 e. The molecule has 0 aliphatic heterocycles. The minimum Gasteiger partial charge on any atom is -0.391 e. The van der Waals surface area contributed by atoms with Gasteiger partial charge in [0.1, 0.15) is 17.3 Å². The lowest BCUT2D eigenvalue weighted by Crippen LogP contribution is -1.93. The summed E-state index contributed by atoms with van der Waals surface area (Å²) >= 11 is 12.2. The summed E-state index contributed by atoms with van der Waals surface area (Å²) in [6.07, 6.45) is 0. The lowest BCUT2D eigenvalue weighted by Gasteiger charge is -2.06. The molecule has 0 fully saturated rings. The summed E-state index contributed by atoms with van der Waals surface area (Å²) in [7, 11) is 0. The summed E-state index contributed by atoms with van der Waals surface area (Å²) in [4.78, 5) is 0. The number of hydrogen-bond acceptors (Lipinski definition) is 3. The topological polar surface area (TPSA) is 46.3 Å². The first-order chi connectivity index (χ1) is 11.0. The van der Waals surface area contributed by atoms with Crippen LogP contribution in [0.15, 0.2) is 40.9 Å². The predicted octanol–water partition coefficient (Wildman–Crippen LogP) is 5.09. The standard InChI is InChI=1S/C16H9Cl2F2NO2/c17-11-2-1-3-12(18)14(11)16-10(7-22)15(21-23-16)9-6-8(19)4-5-13(9)20/h1-6,22H,7H2. The maximum absolute atomic E-state index is 14.0. The Bertz CT molecular complexity index is 860. The van der Waals surface area contributed by atoms with E-state index in [9.17, 15) is 13.9 Å². The normalized spacial score (nSPS) is 11.0. The van der Waals surface area contributed by atoms with Crippen LogP contribution in [0.1, 0.15) is 5.56 Å². The van der Waals surface area contributed by atoms with Gasteiger partial charge in [0.05, 0.1) is 27.8 Å². The summed E-state index contributed by atoms with van der Waals surface area (Å²) in [5, 5.41) is 14.0. The first-order valence-electron chi connectivity index (χ1n) is 6.52.